The fourth-order valence-electron chi connectivity index (χ4n) is 5.63. The summed E-state index contributed by atoms with van der Waals surface area (Å²) < 4.78 is 0. The maximum absolute atomic E-state index is 11.6. The molecule has 3 heteroatoms. The van der Waals surface area contributed by atoms with Crippen LogP contribution in [0, 0.1) is 17.8 Å². The highest BCUT2D eigenvalue weighted by Gasteiger charge is 2.53. The smallest absolute Gasteiger partial charge is 0.248 e. The Morgan fingerprint density at radius 2 is 1.83 bits per heavy atom. The van der Waals surface area contributed by atoms with Crippen LogP contribution in [0.25, 0.3) is 0 Å². The third kappa shape index (κ3) is 1.94. The van der Waals surface area contributed by atoms with E-state index in [1.54, 1.807) is 0 Å². The zero-order valence-corrected chi connectivity index (χ0v) is 13.6. The van der Waals surface area contributed by atoms with Gasteiger partial charge in [-0.1, -0.05) is 30.3 Å². The summed E-state index contributed by atoms with van der Waals surface area (Å²) in [5, 5.41) is 3.78. The second kappa shape index (κ2) is 5.10. The van der Waals surface area contributed by atoms with E-state index in [1.807, 2.05) is 18.2 Å². The maximum Gasteiger partial charge on any atom is 0.248 e. The monoisotopic (exact) mass is 318 g/mol. The standard InChI is InChI=1S/C21H22N2O/c22-21(24)15-8-9-17-16(11-15)18-13-6-7-14(10-13)19(18)20(23-17)12-4-2-1-3-5-12/h1-5,8-9,11,13-14,18-20,23H,6-7,10H2,(H2,22,24)/t13-,14+,18+,19-,20+/m0/s1. The summed E-state index contributed by atoms with van der Waals surface area (Å²) in [6.45, 7) is 0. The van der Waals surface area contributed by atoms with Crippen LogP contribution in [-0.4, -0.2) is 5.91 Å². The van der Waals surface area contributed by atoms with E-state index in [-0.39, 0.29) is 5.91 Å². The molecule has 2 bridgehead atoms. The van der Waals surface area contributed by atoms with E-state index >= 15 is 0 Å². The van der Waals surface area contributed by atoms with Crippen molar-refractivity contribution in [2.45, 2.75) is 31.2 Å². The van der Waals surface area contributed by atoms with Gasteiger partial charge in [-0.2, -0.15) is 0 Å². The van der Waals surface area contributed by atoms with E-state index in [0.717, 1.165) is 11.8 Å². The average molecular weight is 318 g/mol. The predicted octanol–water partition coefficient (Wildman–Crippen LogP) is 4.08. The molecule has 2 saturated carbocycles. The number of rotatable bonds is 2. The predicted molar refractivity (Wildman–Crippen MR) is 94.8 cm³/mol. The first-order chi connectivity index (χ1) is 11.7. The molecule has 0 aromatic heterocycles. The molecule has 3 nitrogen and oxygen atoms in total. The molecule has 24 heavy (non-hydrogen) atoms. The van der Waals surface area contributed by atoms with Gasteiger partial charge in [0.25, 0.3) is 0 Å². The van der Waals surface area contributed by atoms with Gasteiger partial charge in [0, 0.05) is 11.3 Å². The van der Waals surface area contributed by atoms with E-state index in [0.29, 0.717) is 23.4 Å². The first-order valence-electron chi connectivity index (χ1n) is 8.97. The molecule has 0 spiro atoms. The molecule has 2 aromatic carbocycles. The first-order valence-corrected chi connectivity index (χ1v) is 8.97. The molecule has 1 aliphatic heterocycles. The number of hydrogen-bond donors (Lipinski definition) is 2. The number of anilines is 1. The Hall–Kier alpha value is -2.29. The Labute approximate surface area is 142 Å². The summed E-state index contributed by atoms with van der Waals surface area (Å²) in [6, 6.07) is 17.1. The molecule has 3 N–H and O–H groups in total. The van der Waals surface area contributed by atoms with Crippen LogP contribution in [0.3, 0.4) is 0 Å². The van der Waals surface area contributed by atoms with Crippen molar-refractivity contribution in [3.05, 3.63) is 65.2 Å². The number of nitrogens with one attached hydrogen (secondary N) is 1. The minimum absolute atomic E-state index is 0.331. The number of benzene rings is 2. The molecule has 0 unspecified atom stereocenters. The summed E-state index contributed by atoms with van der Waals surface area (Å²) in [5.41, 5.74) is 10.0. The van der Waals surface area contributed by atoms with Gasteiger partial charge in [-0.3, -0.25) is 4.79 Å². The molecule has 3 aliphatic rings. The van der Waals surface area contributed by atoms with Gasteiger partial charge in [0.1, 0.15) is 0 Å². The molecule has 2 aliphatic carbocycles. The number of nitrogens with two attached hydrogens (primary N) is 1. The van der Waals surface area contributed by atoms with Crippen molar-refractivity contribution in [2.24, 2.45) is 23.5 Å². The molecule has 0 radical (unpaired) electrons. The van der Waals surface area contributed by atoms with Crippen molar-refractivity contribution >= 4 is 11.6 Å². The van der Waals surface area contributed by atoms with Crippen LogP contribution in [-0.2, 0) is 0 Å². The summed E-state index contributed by atoms with van der Waals surface area (Å²) in [4.78, 5) is 11.6. The van der Waals surface area contributed by atoms with Crippen LogP contribution in [0.1, 0.15) is 52.7 Å². The molecular formula is C21H22N2O. The van der Waals surface area contributed by atoms with Gasteiger partial charge in [0.15, 0.2) is 0 Å². The third-order valence-corrected chi connectivity index (χ3v) is 6.53. The summed E-state index contributed by atoms with van der Waals surface area (Å²) in [7, 11) is 0. The van der Waals surface area contributed by atoms with Crippen molar-refractivity contribution < 1.29 is 4.79 Å². The molecular weight excluding hydrogens is 296 g/mol. The van der Waals surface area contributed by atoms with Gasteiger partial charge < -0.3 is 11.1 Å². The van der Waals surface area contributed by atoms with Crippen LogP contribution in [0.5, 0.6) is 0 Å². The van der Waals surface area contributed by atoms with Crippen molar-refractivity contribution in [2.75, 3.05) is 5.32 Å². The minimum atomic E-state index is -0.331. The van der Waals surface area contributed by atoms with Crippen LogP contribution >= 0.6 is 0 Å². The Bertz CT molecular complexity index is 801. The number of amides is 1. The van der Waals surface area contributed by atoms with E-state index < -0.39 is 0 Å². The summed E-state index contributed by atoms with van der Waals surface area (Å²) >= 11 is 0. The number of hydrogen-bond acceptors (Lipinski definition) is 2. The Morgan fingerprint density at radius 3 is 2.62 bits per heavy atom. The quantitative estimate of drug-likeness (QED) is 0.876. The lowest BCUT2D eigenvalue weighted by Gasteiger charge is -2.43. The van der Waals surface area contributed by atoms with E-state index in [2.05, 4.69) is 35.6 Å². The van der Waals surface area contributed by atoms with Crippen molar-refractivity contribution in [1.29, 1.82) is 0 Å². The first kappa shape index (κ1) is 14.1. The fraction of sp³-hybridized carbons (Fsp3) is 0.381. The topological polar surface area (TPSA) is 55.1 Å². The third-order valence-electron chi connectivity index (χ3n) is 6.53. The normalized spacial score (nSPS) is 32.8. The molecule has 1 amide bonds. The van der Waals surface area contributed by atoms with Crippen LogP contribution in [0.2, 0.25) is 0 Å². The lowest BCUT2D eigenvalue weighted by molar-refractivity contribution is 0.1000. The van der Waals surface area contributed by atoms with Crippen LogP contribution in [0.15, 0.2) is 48.5 Å². The molecule has 5 rings (SSSR count). The minimum Gasteiger partial charge on any atom is -0.378 e. The average Bonchev–Trinajstić information content (AvgIpc) is 3.23. The number of fused-ring (bicyclic) bond motifs is 7. The van der Waals surface area contributed by atoms with E-state index in [9.17, 15) is 4.79 Å². The zero-order valence-electron chi connectivity index (χ0n) is 13.6. The molecule has 122 valence electrons. The highest BCUT2D eigenvalue weighted by Crippen LogP contribution is 2.63. The molecule has 0 saturated heterocycles. The fourth-order valence-corrected chi connectivity index (χ4v) is 5.63. The highest BCUT2D eigenvalue weighted by atomic mass is 16.1. The van der Waals surface area contributed by atoms with Gasteiger partial charge in [0.2, 0.25) is 5.91 Å². The maximum atomic E-state index is 11.6. The van der Waals surface area contributed by atoms with Crippen molar-refractivity contribution in [1.82, 2.24) is 0 Å². The lowest BCUT2D eigenvalue weighted by atomic mass is 9.68. The zero-order chi connectivity index (χ0) is 16.3. The Kier molecular flexibility index (Phi) is 2.99. The van der Waals surface area contributed by atoms with Gasteiger partial charge in [-0.25, -0.2) is 0 Å². The number of carbonyl (C=O) groups is 1. The largest absolute Gasteiger partial charge is 0.378 e. The van der Waals surface area contributed by atoms with Gasteiger partial charge in [0.05, 0.1) is 6.04 Å². The Balaban J connectivity index is 1.64. The van der Waals surface area contributed by atoms with Gasteiger partial charge in [-0.15, -0.1) is 0 Å². The molecule has 2 fully saturated rings. The number of carbonyl (C=O) groups excluding carboxylic acids is 1. The summed E-state index contributed by atoms with van der Waals surface area (Å²) in [5.74, 6) is 2.41. The molecule has 1 heterocycles. The number of primary amides is 1. The van der Waals surface area contributed by atoms with Gasteiger partial charge >= 0.3 is 0 Å². The second-order valence-electron chi connectivity index (χ2n) is 7.64. The van der Waals surface area contributed by atoms with Crippen molar-refractivity contribution in [3.63, 3.8) is 0 Å². The van der Waals surface area contributed by atoms with E-state index in [1.165, 1.54) is 36.1 Å². The lowest BCUT2D eigenvalue weighted by Crippen LogP contribution is -2.35. The summed E-state index contributed by atoms with van der Waals surface area (Å²) in [6.07, 6.45) is 4.01. The SMILES string of the molecule is NC(=O)c1ccc2c(c1)[C@H]1[C@H]3CC[C@H](C3)[C@@H]1[C@@H](c1ccccc1)N2. The van der Waals surface area contributed by atoms with Gasteiger partial charge in [-0.05, 0) is 72.3 Å². The van der Waals surface area contributed by atoms with Crippen LogP contribution in [0.4, 0.5) is 5.69 Å². The van der Waals surface area contributed by atoms with Crippen LogP contribution < -0.4 is 11.1 Å². The Morgan fingerprint density at radius 1 is 1.04 bits per heavy atom. The molecule has 2 aromatic rings. The van der Waals surface area contributed by atoms with E-state index in [4.69, 9.17) is 5.73 Å². The molecule has 5 atom stereocenters. The highest BCUT2D eigenvalue weighted by molar-refractivity contribution is 5.93. The van der Waals surface area contributed by atoms with Crippen molar-refractivity contribution in [3.8, 4) is 0 Å². The second-order valence-corrected chi connectivity index (χ2v) is 7.64.